The predicted octanol–water partition coefficient (Wildman–Crippen LogP) is 4.51. The van der Waals surface area contributed by atoms with Crippen LogP contribution in [-0.4, -0.2) is 24.9 Å². The molecule has 150 valence electrons. The number of rotatable bonds is 5. The van der Waals surface area contributed by atoms with Gasteiger partial charge in [-0.2, -0.15) is 0 Å². The number of carbonyl (C=O) groups excluding carboxylic acids is 2. The normalized spacial score (nSPS) is 14.4. The summed E-state index contributed by atoms with van der Waals surface area (Å²) in [5, 5.41) is 0.132. The van der Waals surface area contributed by atoms with E-state index in [-0.39, 0.29) is 28.1 Å². The number of aliphatic imine (C=N–C) groups is 1. The van der Waals surface area contributed by atoms with Crippen molar-refractivity contribution in [1.82, 2.24) is 0 Å². The lowest BCUT2D eigenvalue weighted by Gasteiger charge is -2.12. The Morgan fingerprint density at radius 3 is 2.63 bits per heavy atom. The SMILES string of the molecule is COc1cc(/C=C2/N=C(c3ccco3)OC2=O)cc(Cl)c1OC(=O)c1ccccc1. The summed E-state index contributed by atoms with van der Waals surface area (Å²) in [5.74, 6) is -0.498. The van der Waals surface area contributed by atoms with Crippen molar-refractivity contribution in [3.8, 4) is 11.5 Å². The third kappa shape index (κ3) is 3.97. The maximum Gasteiger partial charge on any atom is 0.363 e. The monoisotopic (exact) mass is 423 g/mol. The molecule has 0 spiro atoms. The van der Waals surface area contributed by atoms with E-state index in [9.17, 15) is 9.59 Å². The first-order valence-corrected chi connectivity index (χ1v) is 9.14. The molecule has 7 nitrogen and oxygen atoms in total. The van der Waals surface area contributed by atoms with Gasteiger partial charge in [-0.3, -0.25) is 0 Å². The number of ether oxygens (including phenoxy) is 3. The summed E-state index contributed by atoms with van der Waals surface area (Å²) in [4.78, 5) is 28.6. The summed E-state index contributed by atoms with van der Waals surface area (Å²) >= 11 is 6.32. The van der Waals surface area contributed by atoms with E-state index in [1.54, 1.807) is 48.5 Å². The van der Waals surface area contributed by atoms with Gasteiger partial charge in [0.1, 0.15) is 0 Å². The summed E-state index contributed by atoms with van der Waals surface area (Å²) in [6, 6.07) is 14.9. The van der Waals surface area contributed by atoms with Crippen LogP contribution >= 0.6 is 11.6 Å². The van der Waals surface area contributed by atoms with Gasteiger partial charge < -0.3 is 18.6 Å². The summed E-state index contributed by atoms with van der Waals surface area (Å²) in [6.45, 7) is 0. The Kier molecular flexibility index (Phi) is 5.36. The molecule has 2 aromatic carbocycles. The Hall–Kier alpha value is -3.84. The molecule has 0 amide bonds. The predicted molar refractivity (Wildman–Crippen MR) is 109 cm³/mol. The Morgan fingerprint density at radius 1 is 1.13 bits per heavy atom. The van der Waals surface area contributed by atoms with Crippen molar-refractivity contribution in [1.29, 1.82) is 0 Å². The van der Waals surface area contributed by atoms with Crippen molar-refractivity contribution in [3.63, 3.8) is 0 Å². The van der Waals surface area contributed by atoms with Gasteiger partial charge in [-0.1, -0.05) is 29.8 Å². The van der Waals surface area contributed by atoms with E-state index < -0.39 is 11.9 Å². The first-order valence-electron chi connectivity index (χ1n) is 8.76. The minimum atomic E-state index is -0.629. The second-order valence-electron chi connectivity index (χ2n) is 6.10. The molecule has 0 fully saturated rings. The molecule has 0 bridgehead atoms. The van der Waals surface area contributed by atoms with Gasteiger partial charge in [-0.15, -0.1) is 0 Å². The summed E-state index contributed by atoms with van der Waals surface area (Å²) < 4.78 is 21.0. The molecule has 0 N–H and O–H groups in total. The minimum absolute atomic E-state index is 0.0635. The molecule has 1 aliphatic rings. The van der Waals surface area contributed by atoms with Crippen molar-refractivity contribution in [2.24, 2.45) is 4.99 Å². The van der Waals surface area contributed by atoms with Gasteiger partial charge in [0.05, 0.1) is 24.0 Å². The third-order valence-corrected chi connectivity index (χ3v) is 4.39. The van der Waals surface area contributed by atoms with Crippen LogP contribution in [0.2, 0.25) is 5.02 Å². The van der Waals surface area contributed by atoms with E-state index in [0.29, 0.717) is 16.9 Å². The van der Waals surface area contributed by atoms with Crippen molar-refractivity contribution < 1.29 is 28.2 Å². The lowest BCUT2D eigenvalue weighted by molar-refractivity contribution is -0.130. The third-order valence-electron chi connectivity index (χ3n) is 4.11. The number of methoxy groups -OCH3 is 1. The molecular weight excluding hydrogens is 410 g/mol. The molecule has 0 aliphatic carbocycles. The summed E-state index contributed by atoms with van der Waals surface area (Å²) in [7, 11) is 1.42. The molecule has 0 unspecified atom stereocenters. The van der Waals surface area contributed by atoms with E-state index in [4.69, 9.17) is 30.2 Å². The fourth-order valence-electron chi connectivity index (χ4n) is 2.72. The highest BCUT2D eigenvalue weighted by Gasteiger charge is 2.26. The van der Waals surface area contributed by atoms with Crippen molar-refractivity contribution in [2.75, 3.05) is 7.11 Å². The Morgan fingerprint density at radius 2 is 1.93 bits per heavy atom. The number of carbonyl (C=O) groups is 2. The highest BCUT2D eigenvalue weighted by atomic mass is 35.5. The van der Waals surface area contributed by atoms with Crippen LogP contribution in [0.15, 0.2) is 76.0 Å². The van der Waals surface area contributed by atoms with Gasteiger partial charge in [-0.05, 0) is 48.0 Å². The summed E-state index contributed by atoms with van der Waals surface area (Å²) in [5.41, 5.74) is 0.941. The Bertz CT molecular complexity index is 1170. The zero-order valence-corrected chi connectivity index (χ0v) is 16.4. The molecular formula is C22H14ClNO6. The van der Waals surface area contributed by atoms with E-state index >= 15 is 0 Å². The largest absolute Gasteiger partial charge is 0.493 e. The van der Waals surface area contributed by atoms with Crippen LogP contribution in [0.4, 0.5) is 0 Å². The van der Waals surface area contributed by atoms with Crippen molar-refractivity contribution in [2.45, 2.75) is 0 Å². The smallest absolute Gasteiger partial charge is 0.363 e. The van der Waals surface area contributed by atoms with Gasteiger partial charge >= 0.3 is 11.9 Å². The number of nitrogens with zero attached hydrogens (tertiary/aromatic N) is 1. The van der Waals surface area contributed by atoms with E-state index in [0.717, 1.165) is 0 Å². The fourth-order valence-corrected chi connectivity index (χ4v) is 2.98. The molecule has 0 saturated carbocycles. The first kappa shape index (κ1) is 19.5. The molecule has 0 saturated heterocycles. The fraction of sp³-hybridized carbons (Fsp3) is 0.0455. The molecule has 4 rings (SSSR count). The zero-order chi connectivity index (χ0) is 21.1. The van der Waals surface area contributed by atoms with Gasteiger partial charge in [0.2, 0.25) is 0 Å². The van der Waals surface area contributed by atoms with Crippen LogP contribution in [0.1, 0.15) is 21.7 Å². The zero-order valence-electron chi connectivity index (χ0n) is 15.6. The van der Waals surface area contributed by atoms with Crippen LogP contribution in [-0.2, 0) is 9.53 Å². The van der Waals surface area contributed by atoms with Crippen LogP contribution in [0.3, 0.4) is 0 Å². The van der Waals surface area contributed by atoms with E-state index in [1.165, 1.54) is 25.5 Å². The molecule has 3 aromatic rings. The number of benzene rings is 2. The second-order valence-corrected chi connectivity index (χ2v) is 6.51. The number of esters is 2. The summed E-state index contributed by atoms with van der Waals surface area (Å²) in [6.07, 6.45) is 2.93. The van der Waals surface area contributed by atoms with Gasteiger partial charge in [0, 0.05) is 0 Å². The topological polar surface area (TPSA) is 87.3 Å². The number of cyclic esters (lactones) is 1. The average Bonchev–Trinajstić information content (AvgIpc) is 3.40. The molecule has 8 heteroatoms. The van der Waals surface area contributed by atoms with E-state index in [2.05, 4.69) is 4.99 Å². The standard InChI is InChI=1S/C22H14ClNO6/c1-27-18-12-13(11-16-22(26)30-20(24-16)17-8-5-9-28-17)10-15(23)19(18)29-21(25)14-6-3-2-4-7-14/h2-12H,1H3/b16-11+. The van der Waals surface area contributed by atoms with Crippen molar-refractivity contribution >= 4 is 35.5 Å². The Balaban J connectivity index is 1.63. The highest BCUT2D eigenvalue weighted by molar-refractivity contribution is 6.32. The second kappa shape index (κ2) is 8.26. The van der Waals surface area contributed by atoms with Crippen molar-refractivity contribution in [3.05, 3.63) is 88.5 Å². The maximum absolute atomic E-state index is 12.4. The molecule has 30 heavy (non-hydrogen) atoms. The van der Waals surface area contributed by atoms with Gasteiger partial charge in [0.15, 0.2) is 23.0 Å². The lowest BCUT2D eigenvalue weighted by Crippen LogP contribution is -2.09. The number of hydrogen-bond acceptors (Lipinski definition) is 7. The van der Waals surface area contributed by atoms with Crippen LogP contribution in [0.25, 0.3) is 6.08 Å². The lowest BCUT2D eigenvalue weighted by atomic mass is 10.1. The number of halogens is 1. The van der Waals surface area contributed by atoms with Gasteiger partial charge in [-0.25, -0.2) is 14.6 Å². The molecule has 0 atom stereocenters. The van der Waals surface area contributed by atoms with E-state index in [1.807, 2.05) is 0 Å². The minimum Gasteiger partial charge on any atom is -0.493 e. The molecule has 2 heterocycles. The molecule has 1 aromatic heterocycles. The molecule has 0 radical (unpaired) electrons. The van der Waals surface area contributed by atoms with Crippen LogP contribution in [0.5, 0.6) is 11.5 Å². The quantitative estimate of drug-likeness (QED) is 0.341. The Labute approximate surface area is 176 Å². The number of furan rings is 1. The van der Waals surface area contributed by atoms with Crippen LogP contribution < -0.4 is 9.47 Å². The number of hydrogen-bond donors (Lipinski definition) is 0. The average molecular weight is 424 g/mol. The highest BCUT2D eigenvalue weighted by Crippen LogP contribution is 2.38. The van der Waals surface area contributed by atoms with Gasteiger partial charge in [0.25, 0.3) is 5.90 Å². The first-order chi connectivity index (χ1) is 14.5. The molecule has 1 aliphatic heterocycles. The maximum atomic E-state index is 12.4. The van der Waals surface area contributed by atoms with Crippen LogP contribution in [0, 0.1) is 0 Å².